The lowest BCUT2D eigenvalue weighted by Crippen LogP contribution is -2.03. The number of ether oxygens (including phenoxy) is 2. The highest BCUT2D eigenvalue weighted by Crippen LogP contribution is 2.08. The highest BCUT2D eigenvalue weighted by Gasteiger charge is 2.21. The summed E-state index contributed by atoms with van der Waals surface area (Å²) >= 11 is 0. The normalized spacial score (nSPS) is 20.5. The summed E-state index contributed by atoms with van der Waals surface area (Å²) in [4.78, 5) is 0. The summed E-state index contributed by atoms with van der Waals surface area (Å²) in [6.07, 6.45) is 4.01. The van der Waals surface area contributed by atoms with Gasteiger partial charge in [-0.05, 0) is 12.8 Å². The monoisotopic (exact) mass is 183 g/mol. The van der Waals surface area contributed by atoms with E-state index in [1.807, 2.05) is 0 Å². The van der Waals surface area contributed by atoms with Crippen LogP contribution in [0.15, 0.2) is 6.20 Å². The van der Waals surface area contributed by atoms with E-state index < -0.39 is 0 Å². The van der Waals surface area contributed by atoms with Crippen molar-refractivity contribution in [2.75, 3.05) is 19.8 Å². The van der Waals surface area contributed by atoms with E-state index in [9.17, 15) is 0 Å². The van der Waals surface area contributed by atoms with Crippen LogP contribution in [0.5, 0.6) is 0 Å². The number of hydrogen-bond acceptors (Lipinski definition) is 4. The Hall–Kier alpha value is -0.940. The molecule has 0 spiro atoms. The number of epoxide rings is 1. The number of H-pyrrole nitrogens is 1. The first-order chi connectivity index (χ1) is 6.45. The summed E-state index contributed by atoms with van der Waals surface area (Å²) in [5.41, 5.74) is 0.992. The molecule has 0 radical (unpaired) electrons. The van der Waals surface area contributed by atoms with Crippen LogP contribution in [0.25, 0.3) is 0 Å². The van der Waals surface area contributed by atoms with Gasteiger partial charge in [0.15, 0.2) is 0 Å². The number of aromatic nitrogens is 3. The predicted octanol–water partition coefficient (Wildman–Crippen LogP) is 0.153. The van der Waals surface area contributed by atoms with Gasteiger partial charge in [-0.25, -0.2) is 0 Å². The predicted molar refractivity (Wildman–Crippen MR) is 45.3 cm³/mol. The van der Waals surface area contributed by atoms with Crippen molar-refractivity contribution in [3.05, 3.63) is 11.9 Å². The first kappa shape index (κ1) is 8.65. The van der Waals surface area contributed by atoms with E-state index in [0.717, 1.165) is 38.4 Å². The van der Waals surface area contributed by atoms with Crippen LogP contribution in [-0.4, -0.2) is 41.3 Å². The maximum absolute atomic E-state index is 5.37. The van der Waals surface area contributed by atoms with Crippen molar-refractivity contribution in [1.82, 2.24) is 15.4 Å². The molecule has 1 fully saturated rings. The molecule has 1 aromatic rings. The smallest absolute Gasteiger partial charge is 0.104 e. The summed E-state index contributed by atoms with van der Waals surface area (Å²) in [6.45, 7) is 2.37. The van der Waals surface area contributed by atoms with Gasteiger partial charge in [-0.15, -0.1) is 0 Å². The Bertz CT molecular complexity index is 234. The van der Waals surface area contributed by atoms with Crippen LogP contribution in [0, 0.1) is 0 Å². The van der Waals surface area contributed by atoms with Crippen molar-refractivity contribution >= 4 is 0 Å². The van der Waals surface area contributed by atoms with E-state index in [4.69, 9.17) is 9.47 Å². The van der Waals surface area contributed by atoms with Crippen molar-refractivity contribution in [2.24, 2.45) is 0 Å². The van der Waals surface area contributed by atoms with Gasteiger partial charge < -0.3 is 9.47 Å². The molecule has 1 aliphatic heterocycles. The first-order valence-corrected chi connectivity index (χ1v) is 4.49. The van der Waals surface area contributed by atoms with Crippen molar-refractivity contribution in [3.63, 3.8) is 0 Å². The second-order valence-electron chi connectivity index (χ2n) is 3.10. The van der Waals surface area contributed by atoms with E-state index in [1.165, 1.54) is 0 Å². The summed E-state index contributed by atoms with van der Waals surface area (Å²) in [5, 5.41) is 10.2. The standard InChI is InChI=1S/C8H13N3O2/c1(2-7-4-9-11-10-7)3-12-5-8-6-13-8/h4,8H,1-3,5-6H2,(H,9,10,11). The van der Waals surface area contributed by atoms with Gasteiger partial charge in [0.1, 0.15) is 6.10 Å². The molecule has 0 amide bonds. The average Bonchev–Trinajstić information content (AvgIpc) is 2.81. The molecule has 0 bridgehead atoms. The summed E-state index contributed by atoms with van der Waals surface area (Å²) in [7, 11) is 0. The fraction of sp³-hybridized carbons (Fsp3) is 0.750. The van der Waals surface area contributed by atoms with Gasteiger partial charge in [0, 0.05) is 6.61 Å². The van der Waals surface area contributed by atoms with Gasteiger partial charge in [0.05, 0.1) is 25.1 Å². The molecule has 0 saturated carbocycles. The Labute approximate surface area is 76.4 Å². The van der Waals surface area contributed by atoms with Crippen molar-refractivity contribution < 1.29 is 9.47 Å². The van der Waals surface area contributed by atoms with Gasteiger partial charge in [-0.3, -0.25) is 0 Å². The third kappa shape index (κ3) is 3.12. The molecule has 5 heteroatoms. The lowest BCUT2D eigenvalue weighted by Gasteiger charge is -1.99. The van der Waals surface area contributed by atoms with E-state index in [-0.39, 0.29) is 0 Å². The number of nitrogens with one attached hydrogen (secondary N) is 1. The van der Waals surface area contributed by atoms with Gasteiger partial charge in [-0.2, -0.15) is 15.4 Å². The second kappa shape index (κ2) is 4.34. The number of hydrogen-bond donors (Lipinski definition) is 1. The maximum atomic E-state index is 5.37. The van der Waals surface area contributed by atoms with Gasteiger partial charge in [0.2, 0.25) is 0 Å². The molecule has 1 aromatic heterocycles. The Kier molecular flexibility index (Phi) is 2.89. The van der Waals surface area contributed by atoms with Crippen molar-refractivity contribution in [3.8, 4) is 0 Å². The molecule has 13 heavy (non-hydrogen) atoms. The minimum absolute atomic E-state index is 0.368. The third-order valence-electron chi connectivity index (χ3n) is 1.89. The minimum Gasteiger partial charge on any atom is -0.379 e. The Morgan fingerprint density at radius 3 is 3.31 bits per heavy atom. The third-order valence-corrected chi connectivity index (χ3v) is 1.89. The van der Waals surface area contributed by atoms with Crippen molar-refractivity contribution in [1.29, 1.82) is 0 Å². The Morgan fingerprint density at radius 1 is 1.69 bits per heavy atom. The molecule has 2 rings (SSSR count). The molecule has 1 atom stereocenters. The summed E-state index contributed by atoms with van der Waals surface area (Å²) in [6, 6.07) is 0. The summed E-state index contributed by atoms with van der Waals surface area (Å²) < 4.78 is 10.4. The van der Waals surface area contributed by atoms with Crippen molar-refractivity contribution in [2.45, 2.75) is 18.9 Å². The Morgan fingerprint density at radius 2 is 2.62 bits per heavy atom. The number of nitrogens with zero attached hydrogens (tertiary/aromatic N) is 2. The van der Waals surface area contributed by atoms with Crippen LogP contribution in [0.1, 0.15) is 12.1 Å². The molecular formula is C8H13N3O2. The average molecular weight is 183 g/mol. The fourth-order valence-electron chi connectivity index (χ4n) is 1.08. The molecular weight excluding hydrogens is 170 g/mol. The van der Waals surface area contributed by atoms with E-state index in [1.54, 1.807) is 6.20 Å². The maximum Gasteiger partial charge on any atom is 0.104 e. The van der Waals surface area contributed by atoms with Crippen LogP contribution in [-0.2, 0) is 15.9 Å². The quantitative estimate of drug-likeness (QED) is 0.503. The van der Waals surface area contributed by atoms with Crippen LogP contribution >= 0.6 is 0 Å². The zero-order chi connectivity index (χ0) is 8.93. The highest BCUT2D eigenvalue weighted by atomic mass is 16.6. The minimum atomic E-state index is 0.368. The van der Waals surface area contributed by atoms with Gasteiger partial charge in [0.25, 0.3) is 0 Å². The second-order valence-corrected chi connectivity index (χ2v) is 3.10. The SMILES string of the molecule is c1n[nH]nc1CCCOCC1CO1. The van der Waals surface area contributed by atoms with Crippen LogP contribution in [0.4, 0.5) is 0 Å². The molecule has 0 aliphatic carbocycles. The first-order valence-electron chi connectivity index (χ1n) is 4.49. The lowest BCUT2D eigenvalue weighted by molar-refractivity contribution is 0.114. The molecule has 72 valence electrons. The number of aryl methyl sites for hydroxylation is 1. The number of aromatic amines is 1. The molecule has 1 aliphatic rings. The van der Waals surface area contributed by atoms with Gasteiger partial charge >= 0.3 is 0 Å². The van der Waals surface area contributed by atoms with E-state index >= 15 is 0 Å². The molecule has 5 nitrogen and oxygen atoms in total. The molecule has 1 N–H and O–H groups in total. The van der Waals surface area contributed by atoms with Gasteiger partial charge in [-0.1, -0.05) is 0 Å². The van der Waals surface area contributed by atoms with E-state index in [0.29, 0.717) is 6.10 Å². The highest BCUT2D eigenvalue weighted by molar-refractivity contribution is 4.89. The largest absolute Gasteiger partial charge is 0.379 e. The zero-order valence-corrected chi connectivity index (χ0v) is 7.40. The fourth-order valence-corrected chi connectivity index (χ4v) is 1.08. The molecule has 0 aromatic carbocycles. The van der Waals surface area contributed by atoms with Crippen LogP contribution < -0.4 is 0 Å². The van der Waals surface area contributed by atoms with Crippen LogP contribution in [0.2, 0.25) is 0 Å². The summed E-state index contributed by atoms with van der Waals surface area (Å²) in [5.74, 6) is 0. The number of rotatable bonds is 6. The Balaban J connectivity index is 1.48. The lowest BCUT2D eigenvalue weighted by atomic mass is 10.3. The zero-order valence-electron chi connectivity index (χ0n) is 7.40. The topological polar surface area (TPSA) is 63.3 Å². The molecule has 1 unspecified atom stereocenters. The van der Waals surface area contributed by atoms with E-state index in [2.05, 4.69) is 15.4 Å². The van der Waals surface area contributed by atoms with Crippen LogP contribution in [0.3, 0.4) is 0 Å². The molecule has 1 saturated heterocycles. The molecule has 2 heterocycles.